The molecule has 2 aliphatic rings. The molecule has 0 aromatic heterocycles. The van der Waals surface area contributed by atoms with Gasteiger partial charge in [0.05, 0.1) is 52.0 Å². The Balaban J connectivity index is 1.38. The second kappa shape index (κ2) is 8.51. The number of amides is 1. The van der Waals surface area contributed by atoms with E-state index in [1.807, 2.05) is 4.90 Å². The molecule has 1 N–H and O–H groups in total. The molecule has 0 aliphatic carbocycles. The molecule has 1 fully saturated rings. The van der Waals surface area contributed by atoms with E-state index in [0.29, 0.717) is 35.2 Å². The summed E-state index contributed by atoms with van der Waals surface area (Å²) in [7, 11) is 3.07. The molecule has 0 spiro atoms. The van der Waals surface area contributed by atoms with Crippen molar-refractivity contribution in [2.75, 3.05) is 47.0 Å². The zero-order chi connectivity index (χ0) is 20.4. The second-order valence-corrected chi connectivity index (χ2v) is 7.86. The minimum absolute atomic E-state index is 0.0263. The number of hydrogen-bond acceptors (Lipinski definition) is 4. The van der Waals surface area contributed by atoms with Gasteiger partial charge < -0.3 is 24.0 Å². The fourth-order valence-electron chi connectivity index (χ4n) is 4.07. The third-order valence-electron chi connectivity index (χ3n) is 5.65. The van der Waals surface area contributed by atoms with Crippen molar-refractivity contribution in [1.29, 1.82) is 0 Å². The van der Waals surface area contributed by atoms with E-state index < -0.39 is 0 Å². The highest BCUT2D eigenvalue weighted by atomic mass is 35.5. The summed E-state index contributed by atoms with van der Waals surface area (Å²) in [4.78, 5) is 16.3. The van der Waals surface area contributed by atoms with Crippen molar-refractivity contribution in [2.45, 2.75) is 13.0 Å². The molecule has 0 radical (unpaired) electrons. The monoisotopic (exact) mass is 417 g/mol. The Morgan fingerprint density at radius 3 is 2.69 bits per heavy atom. The fourth-order valence-corrected chi connectivity index (χ4v) is 4.35. The molecule has 0 saturated carbocycles. The number of quaternary nitrogens is 1. The Morgan fingerprint density at radius 1 is 1.17 bits per heavy atom. The van der Waals surface area contributed by atoms with Crippen molar-refractivity contribution in [1.82, 2.24) is 4.90 Å². The Hall–Kier alpha value is -2.44. The lowest BCUT2D eigenvalue weighted by atomic mass is 10.1. The molecule has 154 valence electrons. The highest BCUT2D eigenvalue weighted by Crippen LogP contribution is 2.36. The molecular weight excluding hydrogens is 392 g/mol. The largest absolute Gasteiger partial charge is 0.493 e. The zero-order valence-corrected chi connectivity index (χ0v) is 17.6. The Labute approximate surface area is 175 Å². The van der Waals surface area contributed by atoms with Crippen molar-refractivity contribution < 1.29 is 23.9 Å². The number of carbonyl (C=O) groups is 1. The minimum Gasteiger partial charge on any atom is -0.493 e. The minimum atomic E-state index is -0.0263. The van der Waals surface area contributed by atoms with E-state index in [1.165, 1.54) is 30.2 Å². The lowest BCUT2D eigenvalue weighted by molar-refractivity contribution is -0.917. The van der Waals surface area contributed by atoms with Crippen LogP contribution in [0.1, 0.15) is 21.5 Å². The van der Waals surface area contributed by atoms with Crippen LogP contribution in [-0.4, -0.2) is 57.8 Å². The summed E-state index contributed by atoms with van der Waals surface area (Å²) in [6.45, 7) is 5.02. The number of fused-ring (bicyclic) bond motifs is 1. The molecule has 0 unspecified atom stereocenters. The van der Waals surface area contributed by atoms with E-state index in [0.717, 1.165) is 38.4 Å². The van der Waals surface area contributed by atoms with E-state index in [4.69, 9.17) is 25.8 Å². The Bertz CT molecular complexity index is 910. The number of nitrogens with one attached hydrogen (secondary N) is 1. The highest BCUT2D eigenvalue weighted by Gasteiger charge is 2.26. The SMILES string of the molecule is COc1cc(C(=O)N2CC[NH+](Cc3ccc4c(c3)CCO4)CC2)cc(Cl)c1OC. The van der Waals surface area contributed by atoms with Crippen molar-refractivity contribution >= 4 is 17.5 Å². The number of rotatable bonds is 5. The van der Waals surface area contributed by atoms with Crippen LogP contribution in [0.2, 0.25) is 5.02 Å². The fraction of sp³-hybridized carbons (Fsp3) is 0.409. The van der Waals surface area contributed by atoms with Crippen molar-refractivity contribution in [3.8, 4) is 17.2 Å². The van der Waals surface area contributed by atoms with Gasteiger partial charge in [0.1, 0.15) is 12.3 Å². The van der Waals surface area contributed by atoms with E-state index >= 15 is 0 Å². The number of nitrogens with zero attached hydrogens (tertiary/aromatic N) is 1. The number of carbonyl (C=O) groups excluding carboxylic acids is 1. The molecule has 1 saturated heterocycles. The molecule has 2 heterocycles. The quantitative estimate of drug-likeness (QED) is 0.806. The van der Waals surface area contributed by atoms with Crippen LogP contribution in [0.4, 0.5) is 0 Å². The Kier molecular flexibility index (Phi) is 5.83. The molecule has 1 amide bonds. The predicted octanol–water partition coefficient (Wildman–Crippen LogP) is 1.83. The predicted molar refractivity (Wildman–Crippen MR) is 111 cm³/mol. The van der Waals surface area contributed by atoms with Gasteiger partial charge in [0.15, 0.2) is 11.5 Å². The van der Waals surface area contributed by atoms with Gasteiger partial charge in [-0.1, -0.05) is 11.6 Å². The highest BCUT2D eigenvalue weighted by molar-refractivity contribution is 6.32. The number of piperazine rings is 1. The summed E-state index contributed by atoms with van der Waals surface area (Å²) >= 11 is 6.26. The van der Waals surface area contributed by atoms with Gasteiger partial charge in [-0.05, 0) is 35.9 Å². The molecule has 2 aromatic carbocycles. The lowest BCUT2D eigenvalue weighted by Gasteiger charge is -2.32. The number of hydrogen-bond donors (Lipinski definition) is 1. The maximum Gasteiger partial charge on any atom is 0.254 e. The molecular formula is C22H26ClN2O4+. The molecule has 0 atom stereocenters. The van der Waals surface area contributed by atoms with Crippen LogP contribution >= 0.6 is 11.6 Å². The van der Waals surface area contributed by atoms with E-state index in [9.17, 15) is 4.79 Å². The molecule has 7 heteroatoms. The summed E-state index contributed by atoms with van der Waals surface area (Å²) in [6, 6.07) is 9.84. The average Bonchev–Trinajstić information content (AvgIpc) is 3.21. The van der Waals surface area contributed by atoms with Crippen LogP contribution in [0.5, 0.6) is 17.2 Å². The van der Waals surface area contributed by atoms with Gasteiger partial charge in [0.2, 0.25) is 0 Å². The maximum atomic E-state index is 13.0. The van der Waals surface area contributed by atoms with Gasteiger partial charge in [-0.25, -0.2) is 0 Å². The summed E-state index contributed by atoms with van der Waals surface area (Å²) in [5.74, 6) is 1.90. The van der Waals surface area contributed by atoms with E-state index in [2.05, 4.69) is 18.2 Å². The van der Waals surface area contributed by atoms with Crippen molar-refractivity contribution in [3.63, 3.8) is 0 Å². The van der Waals surface area contributed by atoms with Crippen LogP contribution in [0.3, 0.4) is 0 Å². The summed E-state index contributed by atoms with van der Waals surface area (Å²) in [6.07, 6.45) is 0.995. The van der Waals surface area contributed by atoms with Crippen LogP contribution < -0.4 is 19.1 Å². The Morgan fingerprint density at radius 2 is 1.97 bits per heavy atom. The number of halogens is 1. The van der Waals surface area contributed by atoms with Crippen LogP contribution in [0.15, 0.2) is 30.3 Å². The first kappa shape index (κ1) is 19.9. The van der Waals surface area contributed by atoms with Crippen LogP contribution in [0, 0.1) is 0 Å². The van der Waals surface area contributed by atoms with Gasteiger partial charge in [0, 0.05) is 17.5 Å². The number of benzene rings is 2. The summed E-state index contributed by atoms with van der Waals surface area (Å²) in [5.41, 5.74) is 3.16. The van der Waals surface area contributed by atoms with Gasteiger partial charge in [0.25, 0.3) is 5.91 Å². The van der Waals surface area contributed by atoms with E-state index in [-0.39, 0.29) is 5.91 Å². The molecule has 2 aliphatic heterocycles. The molecule has 29 heavy (non-hydrogen) atoms. The summed E-state index contributed by atoms with van der Waals surface area (Å²) < 4.78 is 16.2. The van der Waals surface area contributed by atoms with E-state index in [1.54, 1.807) is 12.1 Å². The van der Waals surface area contributed by atoms with Crippen molar-refractivity contribution in [2.24, 2.45) is 0 Å². The normalized spacial score (nSPS) is 16.3. The molecule has 6 nitrogen and oxygen atoms in total. The average molecular weight is 418 g/mol. The molecule has 2 aromatic rings. The first-order valence-corrected chi connectivity index (χ1v) is 10.3. The number of methoxy groups -OCH3 is 2. The first-order chi connectivity index (χ1) is 14.1. The van der Waals surface area contributed by atoms with Gasteiger partial charge in [-0.15, -0.1) is 0 Å². The first-order valence-electron chi connectivity index (χ1n) is 9.88. The lowest BCUT2D eigenvalue weighted by Crippen LogP contribution is -3.13. The van der Waals surface area contributed by atoms with Crippen LogP contribution in [0.25, 0.3) is 0 Å². The van der Waals surface area contributed by atoms with Gasteiger partial charge in [-0.3, -0.25) is 4.79 Å². The zero-order valence-electron chi connectivity index (χ0n) is 16.8. The second-order valence-electron chi connectivity index (χ2n) is 7.45. The molecule has 4 rings (SSSR count). The smallest absolute Gasteiger partial charge is 0.254 e. The number of ether oxygens (including phenoxy) is 3. The summed E-state index contributed by atoms with van der Waals surface area (Å²) in [5, 5.41) is 0.375. The van der Waals surface area contributed by atoms with Crippen LogP contribution in [-0.2, 0) is 13.0 Å². The molecule has 0 bridgehead atoms. The van der Waals surface area contributed by atoms with Gasteiger partial charge >= 0.3 is 0 Å². The maximum absolute atomic E-state index is 13.0. The third-order valence-corrected chi connectivity index (χ3v) is 5.93. The van der Waals surface area contributed by atoms with Gasteiger partial charge in [-0.2, -0.15) is 0 Å². The standard InChI is InChI=1S/C22H25ClN2O4/c1-27-20-13-17(12-18(23)21(20)28-2)22(26)25-8-6-24(7-9-25)14-15-3-4-19-16(11-15)5-10-29-19/h3-4,11-13H,5-10,14H2,1-2H3/p+1. The van der Waals surface area contributed by atoms with Crippen molar-refractivity contribution in [3.05, 3.63) is 52.0 Å². The third kappa shape index (κ3) is 4.14. The topological polar surface area (TPSA) is 52.4 Å².